The lowest BCUT2D eigenvalue weighted by molar-refractivity contribution is -0.142. The second-order valence-corrected chi connectivity index (χ2v) is 3.11. The summed E-state index contributed by atoms with van der Waals surface area (Å²) >= 11 is 0. The van der Waals surface area contributed by atoms with Crippen molar-refractivity contribution >= 4 is 12.4 Å². The molecule has 0 aromatic rings. The molecule has 68 valence electrons. The Labute approximate surface area is 71.2 Å². The molecule has 1 rings (SSSR count). The number of nitrogens with zero attached hydrogens (tertiary/aromatic N) is 1. The van der Waals surface area contributed by atoms with E-state index in [-0.39, 0.29) is 5.92 Å². The Morgan fingerprint density at radius 3 is 2.75 bits per heavy atom. The fraction of sp³-hybridized carbons (Fsp3) is 0.750. The summed E-state index contributed by atoms with van der Waals surface area (Å²) in [5, 5.41) is 8.72. The van der Waals surface area contributed by atoms with Gasteiger partial charge in [0, 0.05) is 13.1 Å². The van der Waals surface area contributed by atoms with Crippen LogP contribution >= 0.6 is 0 Å². The number of likely N-dealkylation sites (tertiary alicyclic amines) is 1. The molecule has 0 spiro atoms. The van der Waals surface area contributed by atoms with Crippen molar-refractivity contribution in [3.8, 4) is 0 Å². The highest BCUT2D eigenvalue weighted by Gasteiger charge is 2.21. The van der Waals surface area contributed by atoms with Crippen LogP contribution in [0.2, 0.25) is 0 Å². The minimum Gasteiger partial charge on any atom is -0.481 e. The van der Waals surface area contributed by atoms with Crippen LogP contribution in [-0.2, 0) is 9.59 Å². The summed E-state index contributed by atoms with van der Waals surface area (Å²) in [5.74, 6) is -0.988. The predicted octanol–water partition coefficient (Wildman–Crippen LogP) is 0.329. The maximum absolute atomic E-state index is 10.6. The van der Waals surface area contributed by atoms with Crippen molar-refractivity contribution < 1.29 is 14.7 Å². The third kappa shape index (κ3) is 2.22. The van der Waals surface area contributed by atoms with Gasteiger partial charge in [-0.3, -0.25) is 9.59 Å². The van der Waals surface area contributed by atoms with Crippen molar-refractivity contribution in [3.05, 3.63) is 0 Å². The fourth-order valence-electron chi connectivity index (χ4n) is 1.47. The van der Waals surface area contributed by atoms with Crippen molar-refractivity contribution in [3.63, 3.8) is 0 Å². The number of aliphatic carboxylic acids is 1. The topological polar surface area (TPSA) is 57.6 Å². The SMILES string of the molecule is O=CN1CCCC(C(=O)O)CC1. The first-order chi connectivity index (χ1) is 5.74. The molecule has 0 aromatic heterocycles. The lowest BCUT2D eigenvalue weighted by Crippen LogP contribution is -2.23. The summed E-state index contributed by atoms with van der Waals surface area (Å²) in [6, 6.07) is 0. The lowest BCUT2D eigenvalue weighted by atomic mass is 10.0. The highest BCUT2D eigenvalue weighted by Crippen LogP contribution is 2.16. The minimum atomic E-state index is -0.734. The normalized spacial score (nSPS) is 24.7. The van der Waals surface area contributed by atoms with Gasteiger partial charge in [0.15, 0.2) is 0 Å². The zero-order valence-corrected chi connectivity index (χ0v) is 6.90. The van der Waals surface area contributed by atoms with Crippen molar-refractivity contribution in [2.75, 3.05) is 13.1 Å². The van der Waals surface area contributed by atoms with Gasteiger partial charge in [0.1, 0.15) is 0 Å². The van der Waals surface area contributed by atoms with Crippen LogP contribution in [-0.4, -0.2) is 35.5 Å². The molecule has 1 amide bonds. The van der Waals surface area contributed by atoms with Crippen LogP contribution in [0.1, 0.15) is 19.3 Å². The van der Waals surface area contributed by atoms with Gasteiger partial charge in [0.2, 0.25) is 6.41 Å². The Morgan fingerprint density at radius 1 is 1.42 bits per heavy atom. The van der Waals surface area contributed by atoms with E-state index in [0.717, 1.165) is 12.8 Å². The molecule has 0 saturated carbocycles. The monoisotopic (exact) mass is 171 g/mol. The first-order valence-electron chi connectivity index (χ1n) is 4.16. The third-order valence-electron chi connectivity index (χ3n) is 2.26. The molecular weight excluding hydrogens is 158 g/mol. The van der Waals surface area contributed by atoms with E-state index in [1.165, 1.54) is 0 Å². The van der Waals surface area contributed by atoms with Gasteiger partial charge in [-0.25, -0.2) is 0 Å². The van der Waals surface area contributed by atoms with E-state index in [2.05, 4.69) is 0 Å². The zero-order valence-electron chi connectivity index (χ0n) is 6.90. The number of carbonyl (C=O) groups is 2. The van der Waals surface area contributed by atoms with Crippen LogP contribution < -0.4 is 0 Å². The third-order valence-corrected chi connectivity index (χ3v) is 2.26. The van der Waals surface area contributed by atoms with Crippen LogP contribution in [0.5, 0.6) is 0 Å². The highest BCUT2D eigenvalue weighted by molar-refractivity contribution is 5.70. The molecule has 12 heavy (non-hydrogen) atoms. The molecule has 0 aliphatic carbocycles. The molecule has 0 radical (unpaired) electrons. The Balaban J connectivity index is 2.44. The van der Waals surface area contributed by atoms with E-state index in [1.807, 2.05) is 0 Å². The van der Waals surface area contributed by atoms with Gasteiger partial charge in [-0.15, -0.1) is 0 Å². The molecule has 1 unspecified atom stereocenters. The average molecular weight is 171 g/mol. The Kier molecular flexibility index (Phi) is 3.08. The van der Waals surface area contributed by atoms with Gasteiger partial charge in [0.05, 0.1) is 5.92 Å². The number of carboxylic acid groups (broad SMARTS) is 1. The molecule has 1 aliphatic rings. The maximum atomic E-state index is 10.6. The number of carbonyl (C=O) groups excluding carboxylic acids is 1. The highest BCUT2D eigenvalue weighted by atomic mass is 16.4. The average Bonchev–Trinajstić information content (AvgIpc) is 2.28. The van der Waals surface area contributed by atoms with E-state index in [0.29, 0.717) is 25.9 Å². The molecule has 1 atom stereocenters. The second kappa shape index (κ2) is 4.09. The van der Waals surface area contributed by atoms with E-state index in [9.17, 15) is 9.59 Å². The lowest BCUT2D eigenvalue weighted by Gasteiger charge is -2.12. The summed E-state index contributed by atoms with van der Waals surface area (Å²) in [6.07, 6.45) is 2.88. The molecule has 1 aliphatic heterocycles. The van der Waals surface area contributed by atoms with E-state index >= 15 is 0 Å². The number of amides is 1. The van der Waals surface area contributed by atoms with E-state index < -0.39 is 5.97 Å². The summed E-state index contributed by atoms with van der Waals surface area (Å²) in [5.41, 5.74) is 0. The van der Waals surface area contributed by atoms with Gasteiger partial charge in [0.25, 0.3) is 0 Å². The van der Waals surface area contributed by atoms with Gasteiger partial charge in [-0.1, -0.05) is 0 Å². The Bertz CT molecular complexity index is 181. The Hall–Kier alpha value is -1.06. The quantitative estimate of drug-likeness (QED) is 0.609. The zero-order chi connectivity index (χ0) is 8.97. The van der Waals surface area contributed by atoms with E-state index in [1.54, 1.807) is 4.90 Å². The molecule has 1 heterocycles. The fourth-order valence-corrected chi connectivity index (χ4v) is 1.47. The predicted molar refractivity (Wildman–Crippen MR) is 42.6 cm³/mol. The molecular formula is C8H13NO3. The maximum Gasteiger partial charge on any atom is 0.306 e. The number of rotatable bonds is 2. The van der Waals surface area contributed by atoms with Crippen molar-refractivity contribution in [1.82, 2.24) is 4.90 Å². The molecule has 1 saturated heterocycles. The van der Waals surface area contributed by atoms with Crippen LogP contribution in [0.4, 0.5) is 0 Å². The summed E-state index contributed by atoms with van der Waals surface area (Å²) < 4.78 is 0. The summed E-state index contributed by atoms with van der Waals surface area (Å²) in [7, 11) is 0. The molecule has 4 nitrogen and oxygen atoms in total. The number of hydrogen-bond donors (Lipinski definition) is 1. The first-order valence-corrected chi connectivity index (χ1v) is 4.16. The number of hydrogen-bond acceptors (Lipinski definition) is 2. The minimum absolute atomic E-state index is 0.255. The van der Waals surface area contributed by atoms with Gasteiger partial charge in [-0.05, 0) is 19.3 Å². The molecule has 0 aromatic carbocycles. The van der Waals surface area contributed by atoms with Crippen LogP contribution in [0.3, 0.4) is 0 Å². The van der Waals surface area contributed by atoms with Gasteiger partial charge >= 0.3 is 5.97 Å². The molecule has 0 bridgehead atoms. The number of carboxylic acids is 1. The molecule has 4 heteroatoms. The molecule has 1 N–H and O–H groups in total. The Morgan fingerprint density at radius 2 is 2.17 bits per heavy atom. The van der Waals surface area contributed by atoms with Gasteiger partial charge < -0.3 is 10.0 Å². The summed E-state index contributed by atoms with van der Waals surface area (Å²) in [4.78, 5) is 22.6. The second-order valence-electron chi connectivity index (χ2n) is 3.11. The first kappa shape index (κ1) is 9.03. The van der Waals surface area contributed by atoms with Crippen LogP contribution in [0.15, 0.2) is 0 Å². The van der Waals surface area contributed by atoms with Crippen LogP contribution in [0, 0.1) is 5.92 Å². The summed E-state index contributed by atoms with van der Waals surface area (Å²) in [6.45, 7) is 1.29. The molecule has 1 fully saturated rings. The smallest absolute Gasteiger partial charge is 0.306 e. The van der Waals surface area contributed by atoms with Crippen molar-refractivity contribution in [2.24, 2.45) is 5.92 Å². The van der Waals surface area contributed by atoms with Gasteiger partial charge in [-0.2, -0.15) is 0 Å². The standard InChI is InChI=1S/C8H13NO3/c10-6-9-4-1-2-7(3-5-9)8(11)12/h6-7H,1-5H2,(H,11,12). The van der Waals surface area contributed by atoms with Crippen molar-refractivity contribution in [2.45, 2.75) is 19.3 Å². The van der Waals surface area contributed by atoms with E-state index in [4.69, 9.17) is 5.11 Å². The van der Waals surface area contributed by atoms with Crippen LogP contribution in [0.25, 0.3) is 0 Å². The van der Waals surface area contributed by atoms with Crippen molar-refractivity contribution in [1.29, 1.82) is 0 Å². The largest absolute Gasteiger partial charge is 0.481 e.